The van der Waals surface area contributed by atoms with Gasteiger partial charge in [-0.3, -0.25) is 4.79 Å². The lowest BCUT2D eigenvalue weighted by molar-refractivity contribution is 0.0940. The average molecular weight is 273 g/mol. The summed E-state index contributed by atoms with van der Waals surface area (Å²) in [6.07, 6.45) is 0. The van der Waals surface area contributed by atoms with Crippen LogP contribution in [-0.2, 0) is 0 Å². The summed E-state index contributed by atoms with van der Waals surface area (Å²) in [6, 6.07) is 13.3. The molecule has 1 unspecified atom stereocenters. The van der Waals surface area contributed by atoms with Crippen LogP contribution in [0.1, 0.15) is 28.9 Å². The Morgan fingerprint density at radius 1 is 1.20 bits per heavy atom. The normalized spacial score (nSPS) is 11.8. The second-order valence-corrected chi connectivity index (χ2v) is 4.46. The fourth-order valence-electron chi connectivity index (χ4n) is 1.90. The van der Waals surface area contributed by atoms with Crippen LogP contribution < -0.4 is 10.1 Å². The third kappa shape index (κ3) is 3.15. The predicted molar refractivity (Wildman–Crippen MR) is 75.3 cm³/mol. The van der Waals surface area contributed by atoms with Gasteiger partial charge in [0.1, 0.15) is 0 Å². The Morgan fingerprint density at radius 3 is 2.50 bits per heavy atom. The number of halogens is 1. The van der Waals surface area contributed by atoms with Crippen LogP contribution in [-0.4, -0.2) is 13.0 Å². The van der Waals surface area contributed by atoms with E-state index in [1.54, 1.807) is 36.4 Å². The average Bonchev–Trinajstić information content (AvgIpc) is 2.48. The molecule has 0 aliphatic rings. The minimum absolute atomic E-state index is 0.186. The van der Waals surface area contributed by atoms with Gasteiger partial charge in [-0.25, -0.2) is 4.39 Å². The van der Waals surface area contributed by atoms with Crippen LogP contribution in [0.3, 0.4) is 0 Å². The molecule has 3 nitrogen and oxygen atoms in total. The van der Waals surface area contributed by atoms with Gasteiger partial charge in [0.05, 0.1) is 13.2 Å². The van der Waals surface area contributed by atoms with E-state index in [2.05, 4.69) is 5.32 Å². The second kappa shape index (κ2) is 6.19. The summed E-state index contributed by atoms with van der Waals surface area (Å²) in [7, 11) is 1.42. The van der Waals surface area contributed by atoms with Gasteiger partial charge in [0.25, 0.3) is 5.91 Å². The number of carbonyl (C=O) groups excluding carboxylic acids is 1. The Kier molecular flexibility index (Phi) is 4.35. The smallest absolute Gasteiger partial charge is 0.251 e. The molecule has 1 N–H and O–H groups in total. The summed E-state index contributed by atoms with van der Waals surface area (Å²) >= 11 is 0. The van der Waals surface area contributed by atoms with Crippen LogP contribution in [0, 0.1) is 5.82 Å². The number of ether oxygens (including phenoxy) is 1. The van der Waals surface area contributed by atoms with E-state index in [-0.39, 0.29) is 17.7 Å². The van der Waals surface area contributed by atoms with Crippen molar-refractivity contribution in [2.45, 2.75) is 13.0 Å². The highest BCUT2D eigenvalue weighted by atomic mass is 19.1. The van der Waals surface area contributed by atoms with Crippen LogP contribution in [0.15, 0.2) is 48.5 Å². The van der Waals surface area contributed by atoms with Gasteiger partial charge in [-0.2, -0.15) is 0 Å². The summed E-state index contributed by atoms with van der Waals surface area (Å²) < 4.78 is 18.5. The van der Waals surface area contributed by atoms with Gasteiger partial charge in [-0.05, 0) is 36.8 Å². The molecule has 0 fully saturated rings. The van der Waals surface area contributed by atoms with E-state index in [9.17, 15) is 9.18 Å². The molecule has 2 aromatic rings. The molecule has 0 aliphatic carbocycles. The van der Waals surface area contributed by atoms with Crippen LogP contribution >= 0.6 is 0 Å². The topological polar surface area (TPSA) is 38.3 Å². The molecule has 2 rings (SSSR count). The van der Waals surface area contributed by atoms with Crippen molar-refractivity contribution in [3.63, 3.8) is 0 Å². The third-order valence-electron chi connectivity index (χ3n) is 3.06. The third-order valence-corrected chi connectivity index (χ3v) is 3.06. The minimum Gasteiger partial charge on any atom is -0.494 e. The minimum atomic E-state index is -0.439. The SMILES string of the molecule is COc1ccc(C(C)NC(=O)c2ccccc2)cc1F. The van der Waals surface area contributed by atoms with Gasteiger partial charge in [-0.1, -0.05) is 24.3 Å². The van der Waals surface area contributed by atoms with Gasteiger partial charge in [-0.15, -0.1) is 0 Å². The molecule has 20 heavy (non-hydrogen) atoms. The molecule has 0 radical (unpaired) electrons. The molecule has 1 amide bonds. The number of methoxy groups -OCH3 is 1. The molecule has 0 aromatic heterocycles. The largest absolute Gasteiger partial charge is 0.494 e. The van der Waals surface area contributed by atoms with E-state index in [1.807, 2.05) is 13.0 Å². The molecule has 0 aliphatic heterocycles. The molecule has 0 spiro atoms. The fraction of sp³-hybridized carbons (Fsp3) is 0.188. The van der Waals surface area contributed by atoms with Crippen molar-refractivity contribution in [2.75, 3.05) is 7.11 Å². The number of rotatable bonds is 4. The number of carbonyl (C=O) groups is 1. The van der Waals surface area contributed by atoms with Crippen molar-refractivity contribution in [3.8, 4) is 5.75 Å². The monoisotopic (exact) mass is 273 g/mol. The van der Waals surface area contributed by atoms with E-state index in [0.29, 0.717) is 11.1 Å². The van der Waals surface area contributed by atoms with Crippen molar-refractivity contribution < 1.29 is 13.9 Å². The van der Waals surface area contributed by atoms with Crippen molar-refractivity contribution >= 4 is 5.91 Å². The Morgan fingerprint density at radius 2 is 1.90 bits per heavy atom. The summed E-state index contributed by atoms with van der Waals surface area (Å²) in [5.74, 6) is -0.435. The Labute approximate surface area is 117 Å². The van der Waals surface area contributed by atoms with Gasteiger partial charge in [0.2, 0.25) is 0 Å². The van der Waals surface area contributed by atoms with E-state index in [0.717, 1.165) is 0 Å². The van der Waals surface area contributed by atoms with Crippen LogP contribution in [0.2, 0.25) is 0 Å². The van der Waals surface area contributed by atoms with Gasteiger partial charge in [0.15, 0.2) is 11.6 Å². The molecule has 0 saturated heterocycles. The van der Waals surface area contributed by atoms with Crippen molar-refractivity contribution in [1.82, 2.24) is 5.32 Å². The van der Waals surface area contributed by atoms with E-state index < -0.39 is 5.82 Å². The zero-order valence-electron chi connectivity index (χ0n) is 11.4. The number of benzene rings is 2. The maximum Gasteiger partial charge on any atom is 0.251 e. The standard InChI is InChI=1S/C16H16FNO2/c1-11(13-8-9-15(20-2)14(17)10-13)18-16(19)12-6-4-3-5-7-12/h3-11H,1-2H3,(H,18,19). The highest BCUT2D eigenvalue weighted by molar-refractivity contribution is 5.94. The molecular formula is C16H16FNO2. The lowest BCUT2D eigenvalue weighted by Crippen LogP contribution is -2.26. The first-order valence-corrected chi connectivity index (χ1v) is 6.31. The first-order valence-electron chi connectivity index (χ1n) is 6.31. The molecule has 0 bridgehead atoms. The summed E-state index contributed by atoms with van der Waals surface area (Å²) in [6.45, 7) is 1.81. The second-order valence-electron chi connectivity index (χ2n) is 4.46. The van der Waals surface area contributed by atoms with Crippen molar-refractivity contribution in [3.05, 3.63) is 65.5 Å². The number of amides is 1. The van der Waals surface area contributed by atoms with Crippen molar-refractivity contribution in [1.29, 1.82) is 0 Å². The highest BCUT2D eigenvalue weighted by Gasteiger charge is 2.13. The summed E-state index contributed by atoms with van der Waals surface area (Å²) in [5.41, 5.74) is 1.26. The number of nitrogens with one attached hydrogen (secondary N) is 1. The fourth-order valence-corrected chi connectivity index (χ4v) is 1.90. The highest BCUT2D eigenvalue weighted by Crippen LogP contribution is 2.21. The van der Waals surface area contributed by atoms with Gasteiger partial charge >= 0.3 is 0 Å². The first kappa shape index (κ1) is 14.1. The maximum atomic E-state index is 13.6. The Hall–Kier alpha value is -2.36. The van der Waals surface area contributed by atoms with Crippen LogP contribution in [0.25, 0.3) is 0 Å². The first-order chi connectivity index (χ1) is 9.61. The van der Waals surface area contributed by atoms with E-state index in [4.69, 9.17) is 4.74 Å². The number of hydrogen-bond donors (Lipinski definition) is 1. The Bertz CT molecular complexity index is 599. The van der Waals surface area contributed by atoms with Crippen LogP contribution in [0.4, 0.5) is 4.39 Å². The zero-order valence-corrected chi connectivity index (χ0v) is 11.4. The maximum absolute atomic E-state index is 13.6. The molecule has 2 aromatic carbocycles. The molecular weight excluding hydrogens is 257 g/mol. The number of hydrogen-bond acceptors (Lipinski definition) is 2. The van der Waals surface area contributed by atoms with Gasteiger partial charge in [0, 0.05) is 5.56 Å². The van der Waals surface area contributed by atoms with Crippen LogP contribution in [0.5, 0.6) is 5.75 Å². The summed E-state index contributed by atoms with van der Waals surface area (Å²) in [4.78, 5) is 12.0. The summed E-state index contributed by atoms with van der Waals surface area (Å²) in [5, 5.41) is 2.83. The van der Waals surface area contributed by atoms with Crippen molar-refractivity contribution in [2.24, 2.45) is 0 Å². The zero-order chi connectivity index (χ0) is 14.5. The molecule has 104 valence electrons. The van der Waals surface area contributed by atoms with Gasteiger partial charge < -0.3 is 10.1 Å². The molecule has 4 heteroatoms. The molecule has 0 saturated carbocycles. The van der Waals surface area contributed by atoms with E-state index >= 15 is 0 Å². The predicted octanol–water partition coefficient (Wildman–Crippen LogP) is 3.33. The lowest BCUT2D eigenvalue weighted by atomic mass is 10.1. The molecule has 0 heterocycles. The quantitative estimate of drug-likeness (QED) is 0.928. The lowest BCUT2D eigenvalue weighted by Gasteiger charge is -2.15. The van der Waals surface area contributed by atoms with E-state index in [1.165, 1.54) is 13.2 Å². The molecule has 1 atom stereocenters. The Balaban J connectivity index is 2.10.